The second-order valence-electron chi connectivity index (χ2n) is 15.4. The van der Waals surface area contributed by atoms with Crippen molar-refractivity contribution in [1.29, 1.82) is 0 Å². The smallest absolute Gasteiger partial charge is 0.0893 e. The van der Waals surface area contributed by atoms with Gasteiger partial charge in [0.05, 0.1) is 22.9 Å². The van der Waals surface area contributed by atoms with Crippen molar-refractivity contribution in [2.75, 3.05) is 6.54 Å². The van der Waals surface area contributed by atoms with Crippen molar-refractivity contribution >= 4 is 33.0 Å². The third kappa shape index (κ3) is 5.73. The lowest BCUT2D eigenvalue weighted by atomic mass is 9.61. The zero-order chi connectivity index (χ0) is 37.0. The molecule has 4 nitrogen and oxygen atoms in total. The minimum absolute atomic E-state index is 0.0463. The Hall–Kier alpha value is -6.62. The molecule has 0 saturated carbocycles. The molecule has 6 aromatic rings. The summed E-state index contributed by atoms with van der Waals surface area (Å²) in [5.41, 5.74) is 18.3. The standard InChI is InChI=1S/C52H40N4/c1-2-8-33(9-3-1)32-54-52(49-31-40-10-4-5-11-45(40)55-49)38-16-13-34(14-17-38)41-24-19-36-22-27-44-42(25-20-37-21-26-43(41)50(36)51(37)44)39-18-15-35-23-28-47(56-48(35)30-39)46-12-6-7-29-53-46/h1-2,4-8,10-31,50-52,54-55H,3,9,32H2. The summed E-state index contributed by atoms with van der Waals surface area (Å²) in [6.45, 7) is 0.858. The molecule has 2 N–H and O–H groups in total. The van der Waals surface area contributed by atoms with E-state index in [9.17, 15) is 0 Å². The van der Waals surface area contributed by atoms with Crippen LogP contribution in [0.25, 0.3) is 44.3 Å². The number of para-hydroxylation sites is 1. The van der Waals surface area contributed by atoms with Crippen molar-refractivity contribution in [3.8, 4) is 11.4 Å². The first-order valence-electron chi connectivity index (χ1n) is 19.8. The first-order valence-corrected chi connectivity index (χ1v) is 19.8. The highest BCUT2D eigenvalue weighted by molar-refractivity contribution is 5.92. The number of nitrogens with zero attached hydrogens (tertiary/aromatic N) is 2. The Morgan fingerprint density at radius 3 is 2.41 bits per heavy atom. The molecular weight excluding hydrogens is 681 g/mol. The summed E-state index contributed by atoms with van der Waals surface area (Å²) in [6.07, 6.45) is 29.5. The lowest BCUT2D eigenvalue weighted by Crippen LogP contribution is -2.30. The molecule has 0 fully saturated rings. The van der Waals surface area contributed by atoms with Crippen LogP contribution in [0.4, 0.5) is 0 Å². The predicted octanol–water partition coefficient (Wildman–Crippen LogP) is 11.7. The SMILES string of the molecule is C1=CCCC(CNC(c2ccc(C3=C4C=CC5=CC=C(c6ccc7ccc(-c8ccccn8)nc7c6)C6=CC=C(C=C3)C4C56)cc2)c2cc3ccccc3[nH]2)=C1. The van der Waals surface area contributed by atoms with E-state index in [1.165, 1.54) is 72.3 Å². The van der Waals surface area contributed by atoms with Crippen LogP contribution in [0, 0.1) is 11.8 Å². The number of fused-ring (bicyclic) bond motifs is 2. The molecule has 11 rings (SSSR count). The second-order valence-corrected chi connectivity index (χ2v) is 15.4. The van der Waals surface area contributed by atoms with E-state index < -0.39 is 0 Å². The van der Waals surface area contributed by atoms with Gasteiger partial charge in [0.1, 0.15) is 0 Å². The molecule has 0 radical (unpaired) electrons. The molecule has 4 heteroatoms. The summed E-state index contributed by atoms with van der Waals surface area (Å²) in [5.74, 6) is 0.528. The molecule has 3 heterocycles. The van der Waals surface area contributed by atoms with Crippen molar-refractivity contribution in [3.05, 3.63) is 226 Å². The van der Waals surface area contributed by atoms with E-state index in [0.717, 1.165) is 41.7 Å². The molecule has 5 aliphatic carbocycles. The molecule has 3 aromatic carbocycles. The van der Waals surface area contributed by atoms with Gasteiger partial charge in [0.2, 0.25) is 0 Å². The van der Waals surface area contributed by atoms with E-state index in [1.807, 2.05) is 24.4 Å². The molecule has 0 aliphatic heterocycles. The minimum atomic E-state index is 0.0463. The molecule has 268 valence electrons. The number of allylic oxidation sites excluding steroid dienone is 17. The van der Waals surface area contributed by atoms with Crippen LogP contribution in [-0.4, -0.2) is 21.5 Å². The fourth-order valence-corrected chi connectivity index (χ4v) is 9.29. The van der Waals surface area contributed by atoms with Gasteiger partial charge in [-0.3, -0.25) is 4.98 Å². The van der Waals surface area contributed by atoms with Crippen molar-refractivity contribution in [3.63, 3.8) is 0 Å². The van der Waals surface area contributed by atoms with E-state index in [0.29, 0.717) is 0 Å². The average Bonchev–Trinajstić information content (AvgIpc) is 3.70. The van der Waals surface area contributed by atoms with E-state index in [2.05, 4.69) is 167 Å². The first-order chi connectivity index (χ1) is 27.7. The molecule has 0 bridgehead atoms. The van der Waals surface area contributed by atoms with Gasteiger partial charge in [-0.15, -0.1) is 0 Å². The summed E-state index contributed by atoms with van der Waals surface area (Å²) in [5, 5.41) is 6.27. The monoisotopic (exact) mass is 720 g/mol. The lowest BCUT2D eigenvalue weighted by molar-refractivity contribution is 0.569. The Morgan fingerprint density at radius 1 is 0.696 bits per heavy atom. The van der Waals surface area contributed by atoms with Gasteiger partial charge < -0.3 is 10.3 Å². The van der Waals surface area contributed by atoms with Gasteiger partial charge in [0, 0.05) is 41.2 Å². The fourth-order valence-electron chi connectivity index (χ4n) is 9.29. The quantitative estimate of drug-likeness (QED) is 0.165. The zero-order valence-corrected chi connectivity index (χ0v) is 31.0. The van der Waals surface area contributed by atoms with E-state index >= 15 is 0 Å². The third-order valence-electron chi connectivity index (χ3n) is 12.1. The predicted molar refractivity (Wildman–Crippen MR) is 230 cm³/mol. The van der Waals surface area contributed by atoms with Crippen LogP contribution in [0.1, 0.15) is 41.3 Å². The largest absolute Gasteiger partial charge is 0.357 e. The molecule has 3 unspecified atom stereocenters. The minimum Gasteiger partial charge on any atom is -0.357 e. The van der Waals surface area contributed by atoms with Crippen molar-refractivity contribution in [2.24, 2.45) is 11.8 Å². The number of aromatic amines is 1. The van der Waals surface area contributed by atoms with Crippen LogP contribution in [0.2, 0.25) is 0 Å². The lowest BCUT2D eigenvalue weighted by Gasteiger charge is -2.42. The first kappa shape index (κ1) is 32.8. The van der Waals surface area contributed by atoms with Crippen LogP contribution in [-0.2, 0) is 0 Å². The van der Waals surface area contributed by atoms with Crippen molar-refractivity contribution < 1.29 is 0 Å². The molecule has 3 aromatic heterocycles. The van der Waals surface area contributed by atoms with Gasteiger partial charge in [0.15, 0.2) is 0 Å². The van der Waals surface area contributed by atoms with E-state index in [4.69, 9.17) is 4.98 Å². The molecule has 5 aliphatic rings. The molecule has 0 amide bonds. The third-order valence-corrected chi connectivity index (χ3v) is 12.1. The van der Waals surface area contributed by atoms with Gasteiger partial charge in [-0.1, -0.05) is 139 Å². The van der Waals surface area contributed by atoms with Crippen molar-refractivity contribution in [2.45, 2.75) is 18.9 Å². The second kappa shape index (κ2) is 13.6. The van der Waals surface area contributed by atoms with Gasteiger partial charge >= 0.3 is 0 Å². The maximum atomic E-state index is 5.05. The highest BCUT2D eigenvalue weighted by Crippen LogP contribution is 2.53. The van der Waals surface area contributed by atoms with E-state index in [-0.39, 0.29) is 17.9 Å². The highest BCUT2D eigenvalue weighted by Gasteiger charge is 2.40. The molecule has 3 atom stereocenters. The fraction of sp³-hybridized carbons (Fsp3) is 0.115. The van der Waals surface area contributed by atoms with Gasteiger partial charge in [-0.2, -0.15) is 0 Å². The summed E-state index contributed by atoms with van der Waals surface area (Å²) >= 11 is 0. The zero-order valence-electron chi connectivity index (χ0n) is 31.0. The molecule has 0 saturated heterocycles. The number of pyridine rings is 2. The Balaban J connectivity index is 0.915. The van der Waals surface area contributed by atoms with Crippen LogP contribution in [0.3, 0.4) is 0 Å². The topological polar surface area (TPSA) is 53.6 Å². The maximum Gasteiger partial charge on any atom is 0.0893 e. The summed E-state index contributed by atoms with van der Waals surface area (Å²) < 4.78 is 0. The Kier molecular flexibility index (Phi) is 7.96. The number of hydrogen-bond donors (Lipinski definition) is 2. The average molecular weight is 721 g/mol. The molecular formula is C52H40N4. The number of H-pyrrole nitrogens is 1. The van der Waals surface area contributed by atoms with Gasteiger partial charge in [-0.25, -0.2) is 4.98 Å². The molecule has 0 spiro atoms. The van der Waals surface area contributed by atoms with Crippen LogP contribution in [0.5, 0.6) is 0 Å². The Morgan fingerprint density at radius 2 is 1.54 bits per heavy atom. The van der Waals surface area contributed by atoms with Crippen LogP contribution >= 0.6 is 0 Å². The van der Waals surface area contributed by atoms with Crippen LogP contribution < -0.4 is 5.32 Å². The Labute approximate surface area is 327 Å². The number of rotatable bonds is 8. The van der Waals surface area contributed by atoms with Gasteiger partial charge in [-0.05, 0) is 105 Å². The van der Waals surface area contributed by atoms with Crippen molar-refractivity contribution in [1.82, 2.24) is 20.3 Å². The number of nitrogens with one attached hydrogen (secondary N) is 2. The van der Waals surface area contributed by atoms with Crippen LogP contribution in [0.15, 0.2) is 204 Å². The number of hydrogen-bond acceptors (Lipinski definition) is 3. The summed E-state index contributed by atoms with van der Waals surface area (Å²) in [6, 6.07) is 37.0. The summed E-state index contributed by atoms with van der Waals surface area (Å²) in [4.78, 5) is 13.3. The summed E-state index contributed by atoms with van der Waals surface area (Å²) in [7, 11) is 0. The number of aromatic nitrogens is 3. The maximum absolute atomic E-state index is 5.05. The molecule has 56 heavy (non-hydrogen) atoms. The number of benzene rings is 3. The van der Waals surface area contributed by atoms with E-state index in [1.54, 1.807) is 0 Å². The normalized spacial score (nSPS) is 20.0. The van der Waals surface area contributed by atoms with Gasteiger partial charge in [0.25, 0.3) is 0 Å². The highest BCUT2D eigenvalue weighted by atomic mass is 14.9. The Bertz CT molecular complexity index is 2820.